The molecule has 0 spiro atoms. The Kier molecular flexibility index (Phi) is 17.2. The smallest absolute Gasteiger partial charge is 0.294 e. The van der Waals surface area contributed by atoms with Crippen LogP contribution in [0.5, 0.6) is 0 Å². The first-order valence-corrected chi connectivity index (χ1v) is 15.2. The van der Waals surface area contributed by atoms with Crippen LogP contribution in [-0.2, 0) is 4.84 Å². The van der Waals surface area contributed by atoms with Gasteiger partial charge in [0.05, 0.1) is 12.2 Å². The van der Waals surface area contributed by atoms with Crippen LogP contribution in [0.25, 0.3) is 0 Å². The minimum Gasteiger partial charge on any atom is -0.756 e. The van der Waals surface area contributed by atoms with Crippen LogP contribution in [0.15, 0.2) is 18.3 Å². The van der Waals surface area contributed by atoms with Gasteiger partial charge in [-0.3, -0.25) is 9.69 Å². The summed E-state index contributed by atoms with van der Waals surface area (Å²) < 4.78 is 0. The van der Waals surface area contributed by atoms with Gasteiger partial charge in [-0.05, 0) is 37.9 Å². The number of anilines is 1. The molecule has 1 amide bonds. The van der Waals surface area contributed by atoms with Crippen molar-refractivity contribution < 1.29 is 14.7 Å². The molecule has 0 aromatic carbocycles. The van der Waals surface area contributed by atoms with Gasteiger partial charge >= 0.3 is 0 Å². The third-order valence-electron chi connectivity index (χ3n) is 7.41. The minimum absolute atomic E-state index is 0.212. The zero-order valence-electron chi connectivity index (χ0n) is 24.1. The highest BCUT2D eigenvalue weighted by atomic mass is 16.9. The topological polar surface area (TPSA) is 115 Å². The normalized spacial score (nSPS) is 13.9. The van der Waals surface area contributed by atoms with Crippen molar-refractivity contribution in [3.63, 3.8) is 0 Å². The van der Waals surface area contributed by atoms with E-state index in [0.717, 1.165) is 77.1 Å². The predicted molar refractivity (Wildman–Crippen MR) is 155 cm³/mol. The molecule has 0 aliphatic carbocycles. The van der Waals surface area contributed by atoms with Crippen molar-refractivity contribution in [1.82, 2.24) is 14.9 Å². The van der Waals surface area contributed by atoms with Gasteiger partial charge in [0.25, 0.3) is 5.09 Å². The molecule has 1 saturated heterocycles. The summed E-state index contributed by atoms with van der Waals surface area (Å²) in [7, 11) is 0. The van der Waals surface area contributed by atoms with E-state index in [4.69, 9.17) is 0 Å². The fourth-order valence-electron chi connectivity index (χ4n) is 5.08. The lowest BCUT2D eigenvalue weighted by Crippen LogP contribution is -2.46. The van der Waals surface area contributed by atoms with Crippen molar-refractivity contribution in [2.24, 2.45) is 0 Å². The van der Waals surface area contributed by atoms with E-state index in [-0.39, 0.29) is 13.2 Å². The zero-order valence-corrected chi connectivity index (χ0v) is 24.1. The number of hydrogen-bond acceptors (Lipinski definition) is 8. The van der Waals surface area contributed by atoms with Crippen LogP contribution in [-0.4, -0.2) is 71.8 Å². The highest BCUT2D eigenvalue weighted by Gasteiger charge is 2.18. The van der Waals surface area contributed by atoms with Crippen molar-refractivity contribution in [3.05, 3.63) is 39.2 Å². The molecule has 1 aliphatic heterocycles. The van der Waals surface area contributed by atoms with Gasteiger partial charge in [0.15, 0.2) is 0 Å². The summed E-state index contributed by atoms with van der Waals surface area (Å²) >= 11 is 0. The highest BCUT2D eigenvalue weighted by molar-refractivity contribution is 5.94. The first kappa shape index (κ1) is 32.8. The fourth-order valence-corrected chi connectivity index (χ4v) is 5.08. The van der Waals surface area contributed by atoms with Crippen LogP contribution in [0.4, 0.5) is 5.82 Å². The quantitative estimate of drug-likeness (QED) is 0.0952. The van der Waals surface area contributed by atoms with Crippen LogP contribution in [0.3, 0.4) is 0 Å². The molecule has 10 heteroatoms. The molecule has 222 valence electrons. The third-order valence-corrected chi connectivity index (χ3v) is 7.41. The SMILES string of the molecule is CCCN1CCN(c2ccc(C(=O)N([O-])CCCCCCCCCCCCCCCCO[N+](=O)[O-])cn2)CC1. The van der Waals surface area contributed by atoms with E-state index in [9.17, 15) is 20.1 Å². The van der Waals surface area contributed by atoms with Gasteiger partial charge in [-0.25, -0.2) is 4.98 Å². The van der Waals surface area contributed by atoms with Gasteiger partial charge in [0, 0.05) is 38.9 Å². The first-order valence-electron chi connectivity index (χ1n) is 15.2. The summed E-state index contributed by atoms with van der Waals surface area (Å²) in [4.78, 5) is 36.0. The largest absolute Gasteiger partial charge is 0.756 e. The molecule has 0 radical (unpaired) electrons. The lowest BCUT2D eigenvalue weighted by molar-refractivity contribution is -0.757. The van der Waals surface area contributed by atoms with E-state index < -0.39 is 11.0 Å². The van der Waals surface area contributed by atoms with E-state index >= 15 is 0 Å². The molecule has 2 rings (SSSR count). The van der Waals surface area contributed by atoms with E-state index in [1.54, 1.807) is 12.3 Å². The van der Waals surface area contributed by atoms with E-state index in [1.165, 1.54) is 57.8 Å². The van der Waals surface area contributed by atoms with Crippen molar-refractivity contribution in [2.75, 3.05) is 50.8 Å². The number of unbranched alkanes of at least 4 members (excludes halogenated alkanes) is 13. The molecule has 1 aliphatic rings. The number of carbonyl (C=O) groups excluding carboxylic acids is 1. The molecule has 1 aromatic rings. The average Bonchev–Trinajstić information content (AvgIpc) is 2.94. The Hall–Kier alpha value is -2.46. The van der Waals surface area contributed by atoms with Crippen molar-refractivity contribution in [2.45, 2.75) is 103 Å². The van der Waals surface area contributed by atoms with Crippen LogP contribution in [0, 0.1) is 15.3 Å². The Morgan fingerprint density at radius 2 is 1.44 bits per heavy atom. The average molecular weight is 549 g/mol. The molecule has 0 saturated carbocycles. The number of carbonyl (C=O) groups is 1. The molecule has 0 unspecified atom stereocenters. The van der Waals surface area contributed by atoms with Crippen molar-refractivity contribution >= 4 is 11.7 Å². The molecule has 10 nitrogen and oxygen atoms in total. The van der Waals surface area contributed by atoms with Gasteiger partial charge in [-0.2, -0.15) is 0 Å². The molecule has 0 atom stereocenters. The predicted octanol–water partition coefficient (Wildman–Crippen LogP) is 6.22. The standard InChI is InChI=1S/C29H50N5O5/c1-2-19-31-21-23-32(24-22-31)28-18-17-27(26-30-28)29(35)33(36)20-15-13-11-9-7-5-3-4-6-8-10-12-14-16-25-39-34(37)38/h17-18,26H,2-16,19-25H2,1H3/q-1. The van der Waals surface area contributed by atoms with Gasteiger partial charge in [-0.1, -0.05) is 84.0 Å². The summed E-state index contributed by atoms with van der Waals surface area (Å²) in [6, 6.07) is 3.59. The number of pyridine rings is 1. The van der Waals surface area contributed by atoms with Crippen LogP contribution < -0.4 is 4.90 Å². The maximum atomic E-state index is 12.5. The number of hydroxylamine groups is 2. The Bertz CT molecular complexity index is 787. The lowest BCUT2D eigenvalue weighted by atomic mass is 10.0. The van der Waals surface area contributed by atoms with Crippen molar-refractivity contribution in [3.8, 4) is 0 Å². The van der Waals surface area contributed by atoms with E-state index in [0.29, 0.717) is 10.6 Å². The lowest BCUT2D eigenvalue weighted by Gasteiger charge is -2.35. The van der Waals surface area contributed by atoms with Gasteiger partial charge < -0.3 is 20.0 Å². The minimum atomic E-state index is -0.724. The van der Waals surface area contributed by atoms with Crippen LogP contribution >= 0.6 is 0 Å². The monoisotopic (exact) mass is 548 g/mol. The summed E-state index contributed by atoms with van der Waals surface area (Å²) in [5.41, 5.74) is 0.362. The summed E-state index contributed by atoms with van der Waals surface area (Å²) in [5, 5.41) is 22.2. The molecule has 39 heavy (non-hydrogen) atoms. The molecule has 0 bridgehead atoms. The van der Waals surface area contributed by atoms with E-state index in [1.807, 2.05) is 6.07 Å². The fraction of sp³-hybridized carbons (Fsp3) is 0.793. The maximum absolute atomic E-state index is 12.5. The Morgan fingerprint density at radius 1 is 0.897 bits per heavy atom. The Labute approximate surface area is 234 Å². The van der Waals surface area contributed by atoms with Gasteiger partial charge in [0.1, 0.15) is 5.82 Å². The second-order valence-corrected chi connectivity index (χ2v) is 10.6. The third kappa shape index (κ3) is 14.5. The molecule has 2 heterocycles. The summed E-state index contributed by atoms with van der Waals surface area (Å²) in [5.74, 6) is 0.376. The summed E-state index contributed by atoms with van der Waals surface area (Å²) in [6.07, 6.45) is 18.3. The van der Waals surface area contributed by atoms with Crippen LogP contribution in [0.2, 0.25) is 0 Å². The van der Waals surface area contributed by atoms with Crippen molar-refractivity contribution in [1.29, 1.82) is 0 Å². The second kappa shape index (κ2) is 20.4. The number of hydrogen-bond donors (Lipinski definition) is 0. The first-order chi connectivity index (χ1) is 19.0. The molecule has 0 N–H and O–H groups in total. The Balaban J connectivity index is 1.42. The second-order valence-electron chi connectivity index (χ2n) is 10.6. The molecule has 1 fully saturated rings. The number of rotatable bonds is 22. The van der Waals surface area contributed by atoms with E-state index in [2.05, 4.69) is 26.5 Å². The molecular formula is C29H50N5O5-. The molecule has 1 aromatic heterocycles. The summed E-state index contributed by atoms with van der Waals surface area (Å²) in [6.45, 7) is 7.71. The van der Waals surface area contributed by atoms with Gasteiger partial charge in [-0.15, -0.1) is 10.1 Å². The number of nitrogens with zero attached hydrogens (tertiary/aromatic N) is 5. The Morgan fingerprint density at radius 3 is 1.92 bits per heavy atom. The molecular weight excluding hydrogens is 498 g/mol. The van der Waals surface area contributed by atoms with Crippen LogP contribution in [0.1, 0.15) is 114 Å². The number of amides is 1. The zero-order chi connectivity index (χ0) is 28.1. The number of aromatic nitrogens is 1. The van der Waals surface area contributed by atoms with Gasteiger partial charge in [0.2, 0.25) is 5.91 Å². The number of piperazine rings is 1. The maximum Gasteiger partial charge on any atom is 0.294 e. The highest BCUT2D eigenvalue weighted by Crippen LogP contribution is 2.16.